The van der Waals surface area contributed by atoms with Crippen molar-refractivity contribution >= 4 is 34.9 Å². The van der Waals surface area contributed by atoms with E-state index in [4.69, 9.17) is 16.3 Å². The van der Waals surface area contributed by atoms with Crippen LogP contribution in [0.3, 0.4) is 0 Å². The Hall–Kier alpha value is -2.84. The summed E-state index contributed by atoms with van der Waals surface area (Å²) in [6.07, 6.45) is 3.73. The Morgan fingerprint density at radius 3 is 2.53 bits per heavy atom. The van der Waals surface area contributed by atoms with E-state index in [1.807, 2.05) is 30.3 Å². The van der Waals surface area contributed by atoms with Crippen molar-refractivity contribution in [3.63, 3.8) is 0 Å². The van der Waals surface area contributed by atoms with Gasteiger partial charge in [0.25, 0.3) is 5.56 Å². The third-order valence-electron chi connectivity index (χ3n) is 6.16. The number of halogens is 1. The van der Waals surface area contributed by atoms with E-state index in [-0.39, 0.29) is 23.8 Å². The number of aromatic nitrogens is 1. The fraction of sp³-hybridized carbons (Fsp3) is 0.435. The van der Waals surface area contributed by atoms with Gasteiger partial charge < -0.3 is 14.2 Å². The molecule has 0 aliphatic carbocycles. The largest absolute Gasteiger partial charge is 0.383 e. The van der Waals surface area contributed by atoms with Crippen molar-refractivity contribution in [1.82, 2.24) is 9.88 Å². The van der Waals surface area contributed by atoms with Crippen LogP contribution in [0.4, 0.5) is 16.2 Å². The number of imide groups is 1. The molecule has 2 aromatic rings. The summed E-state index contributed by atoms with van der Waals surface area (Å²) in [7, 11) is 1.62. The highest BCUT2D eigenvalue weighted by Gasteiger charge is 2.29. The minimum absolute atomic E-state index is 0.00584. The summed E-state index contributed by atoms with van der Waals surface area (Å²) in [6.45, 7) is 2.82. The number of nitrogens with zero attached hydrogens (tertiary/aromatic N) is 3. The Labute approximate surface area is 191 Å². The maximum Gasteiger partial charge on any atom is 0.328 e. The van der Waals surface area contributed by atoms with E-state index in [0.29, 0.717) is 36.1 Å². The molecule has 0 bridgehead atoms. The van der Waals surface area contributed by atoms with E-state index in [0.717, 1.165) is 31.5 Å². The first kappa shape index (κ1) is 22.4. The molecular weight excluding hydrogens is 432 g/mol. The number of nitrogens with one attached hydrogen (secondary N) is 1. The molecular formula is C23H27ClN4O4. The maximum absolute atomic E-state index is 12.8. The maximum atomic E-state index is 12.8. The number of rotatable bonds is 6. The van der Waals surface area contributed by atoms with Gasteiger partial charge in [0, 0.05) is 45.9 Å². The molecule has 2 aliphatic heterocycles. The lowest BCUT2D eigenvalue weighted by Gasteiger charge is -2.34. The van der Waals surface area contributed by atoms with Crippen LogP contribution in [-0.2, 0) is 16.1 Å². The smallest absolute Gasteiger partial charge is 0.328 e. The standard InChI is InChI=1S/C23H27ClN4O4/c1-32-15-14-27-10-3-6-19(22(27)30)26-11-7-16(8-12-26)17-4-2-5-18(21(17)24)28-13-9-20(29)25-23(28)31/h2-6,10,16H,7-9,11-15H2,1H3,(H,25,29,31). The van der Waals surface area contributed by atoms with E-state index in [1.165, 1.54) is 4.90 Å². The Bertz CT molecular complexity index is 1060. The second-order valence-corrected chi connectivity index (χ2v) is 8.46. The van der Waals surface area contributed by atoms with Crippen LogP contribution in [0.25, 0.3) is 0 Å². The van der Waals surface area contributed by atoms with Crippen LogP contribution < -0.4 is 20.7 Å². The quantitative estimate of drug-likeness (QED) is 0.719. The molecule has 1 N–H and O–H groups in total. The molecule has 0 radical (unpaired) electrons. The van der Waals surface area contributed by atoms with Gasteiger partial charge in [-0.25, -0.2) is 4.79 Å². The zero-order valence-electron chi connectivity index (χ0n) is 18.1. The van der Waals surface area contributed by atoms with E-state index < -0.39 is 6.03 Å². The number of piperidine rings is 1. The molecule has 2 fully saturated rings. The van der Waals surface area contributed by atoms with Gasteiger partial charge in [0.1, 0.15) is 5.69 Å². The van der Waals surface area contributed by atoms with Crippen molar-refractivity contribution in [3.8, 4) is 0 Å². The minimum atomic E-state index is -0.441. The zero-order chi connectivity index (χ0) is 22.7. The highest BCUT2D eigenvalue weighted by molar-refractivity contribution is 6.34. The molecule has 3 heterocycles. The first-order chi connectivity index (χ1) is 15.5. The number of ether oxygens (including phenoxy) is 1. The number of carbonyl (C=O) groups excluding carboxylic acids is 2. The first-order valence-electron chi connectivity index (χ1n) is 10.8. The average Bonchev–Trinajstić information content (AvgIpc) is 2.79. The molecule has 2 saturated heterocycles. The monoisotopic (exact) mass is 458 g/mol. The van der Waals surface area contributed by atoms with E-state index in [2.05, 4.69) is 10.2 Å². The molecule has 0 atom stereocenters. The third-order valence-corrected chi connectivity index (χ3v) is 6.58. The van der Waals surface area contributed by atoms with Gasteiger partial charge in [-0.05, 0) is 42.5 Å². The predicted molar refractivity (Wildman–Crippen MR) is 124 cm³/mol. The van der Waals surface area contributed by atoms with Crippen molar-refractivity contribution in [1.29, 1.82) is 0 Å². The normalized spacial score (nSPS) is 17.6. The topological polar surface area (TPSA) is 83.9 Å². The fourth-order valence-electron chi connectivity index (χ4n) is 4.42. The van der Waals surface area contributed by atoms with Crippen LogP contribution in [0.15, 0.2) is 41.3 Å². The summed E-state index contributed by atoms with van der Waals surface area (Å²) in [5, 5.41) is 2.90. The van der Waals surface area contributed by atoms with Crippen LogP contribution >= 0.6 is 11.6 Å². The summed E-state index contributed by atoms with van der Waals surface area (Å²) in [5.74, 6) is -0.0410. The van der Waals surface area contributed by atoms with Crippen LogP contribution in [0.5, 0.6) is 0 Å². The number of pyridine rings is 1. The number of methoxy groups -OCH3 is 1. The van der Waals surface area contributed by atoms with Gasteiger partial charge in [-0.15, -0.1) is 0 Å². The van der Waals surface area contributed by atoms with Gasteiger partial charge in [-0.3, -0.25) is 19.8 Å². The van der Waals surface area contributed by atoms with Gasteiger partial charge >= 0.3 is 6.03 Å². The summed E-state index contributed by atoms with van der Waals surface area (Å²) < 4.78 is 6.78. The molecule has 2 aliphatic rings. The summed E-state index contributed by atoms with van der Waals surface area (Å²) in [4.78, 5) is 40.2. The van der Waals surface area contributed by atoms with Gasteiger partial charge in [0.15, 0.2) is 0 Å². The fourth-order valence-corrected chi connectivity index (χ4v) is 4.80. The molecule has 4 rings (SSSR count). The highest BCUT2D eigenvalue weighted by atomic mass is 35.5. The molecule has 1 aromatic carbocycles. The van der Waals surface area contributed by atoms with Gasteiger partial charge in [0.2, 0.25) is 5.91 Å². The Morgan fingerprint density at radius 1 is 1.06 bits per heavy atom. The SMILES string of the molecule is COCCn1cccc(N2CCC(c3cccc(N4CCC(=O)NC4=O)c3Cl)CC2)c1=O. The zero-order valence-corrected chi connectivity index (χ0v) is 18.8. The Balaban J connectivity index is 1.48. The van der Waals surface area contributed by atoms with Gasteiger partial charge in [0.05, 0.1) is 17.3 Å². The molecule has 32 heavy (non-hydrogen) atoms. The minimum Gasteiger partial charge on any atom is -0.383 e. The number of hydrogen-bond donors (Lipinski definition) is 1. The van der Waals surface area contributed by atoms with Crippen LogP contribution in [0, 0.1) is 0 Å². The lowest BCUT2D eigenvalue weighted by atomic mass is 9.88. The van der Waals surface area contributed by atoms with Crippen molar-refractivity contribution in [2.24, 2.45) is 0 Å². The van der Waals surface area contributed by atoms with Crippen molar-refractivity contribution < 1.29 is 14.3 Å². The van der Waals surface area contributed by atoms with Crippen LogP contribution in [0.1, 0.15) is 30.7 Å². The molecule has 3 amide bonds. The van der Waals surface area contributed by atoms with Crippen molar-refractivity contribution in [3.05, 3.63) is 57.5 Å². The number of carbonyl (C=O) groups is 2. The number of benzene rings is 1. The Kier molecular flexibility index (Phi) is 6.81. The van der Waals surface area contributed by atoms with Crippen molar-refractivity contribution in [2.45, 2.75) is 31.7 Å². The summed E-state index contributed by atoms with van der Waals surface area (Å²) >= 11 is 6.74. The van der Waals surface area contributed by atoms with Crippen molar-refractivity contribution in [2.75, 3.05) is 43.2 Å². The molecule has 0 saturated carbocycles. The van der Waals surface area contributed by atoms with Gasteiger partial charge in [-0.2, -0.15) is 0 Å². The molecule has 170 valence electrons. The van der Waals surface area contributed by atoms with E-state index >= 15 is 0 Å². The van der Waals surface area contributed by atoms with Crippen LogP contribution in [-0.4, -0.2) is 49.9 Å². The molecule has 0 unspecified atom stereocenters. The number of amides is 3. The second-order valence-electron chi connectivity index (χ2n) is 8.08. The molecule has 9 heteroatoms. The predicted octanol–water partition coefficient (Wildman–Crippen LogP) is 2.98. The first-order valence-corrected chi connectivity index (χ1v) is 11.2. The Morgan fingerprint density at radius 2 is 1.81 bits per heavy atom. The van der Waals surface area contributed by atoms with Crippen LogP contribution in [0.2, 0.25) is 5.02 Å². The second kappa shape index (κ2) is 9.75. The molecule has 0 spiro atoms. The highest BCUT2D eigenvalue weighted by Crippen LogP contribution is 2.38. The molecule has 8 nitrogen and oxygen atoms in total. The lowest BCUT2D eigenvalue weighted by Crippen LogP contribution is -2.49. The average molecular weight is 459 g/mol. The molecule has 1 aromatic heterocycles. The summed E-state index contributed by atoms with van der Waals surface area (Å²) in [6, 6.07) is 9.03. The lowest BCUT2D eigenvalue weighted by molar-refractivity contribution is -0.120. The third kappa shape index (κ3) is 4.52. The number of urea groups is 1. The number of hydrogen-bond acceptors (Lipinski definition) is 5. The van der Waals surface area contributed by atoms with E-state index in [9.17, 15) is 14.4 Å². The summed E-state index contributed by atoms with van der Waals surface area (Å²) in [5.41, 5.74) is 2.32. The van der Waals surface area contributed by atoms with Gasteiger partial charge in [-0.1, -0.05) is 23.7 Å². The van der Waals surface area contributed by atoms with E-state index in [1.54, 1.807) is 17.9 Å². The number of anilines is 2.